The maximum Gasteiger partial charge on any atom is 0.263 e. The molecule has 39 heavy (non-hydrogen) atoms. The number of anilines is 2. The van der Waals surface area contributed by atoms with Crippen molar-refractivity contribution in [3.05, 3.63) is 112 Å². The Hall–Kier alpha value is -4.49. The first kappa shape index (κ1) is 23.6. The van der Waals surface area contributed by atoms with Gasteiger partial charge in [0, 0.05) is 31.9 Å². The number of piperazine rings is 1. The minimum atomic E-state index is -0.765. The van der Waals surface area contributed by atoms with E-state index < -0.39 is 6.04 Å². The molecule has 2 aliphatic rings. The highest BCUT2D eigenvalue weighted by atomic mass is 16.2. The van der Waals surface area contributed by atoms with Crippen LogP contribution in [0.15, 0.2) is 95.8 Å². The van der Waals surface area contributed by atoms with Gasteiger partial charge in [0.05, 0.1) is 17.4 Å². The molecule has 1 saturated heterocycles. The molecule has 0 saturated carbocycles. The highest BCUT2D eigenvalue weighted by Crippen LogP contribution is 2.35. The summed E-state index contributed by atoms with van der Waals surface area (Å²) in [6.07, 6.45) is 0. The van der Waals surface area contributed by atoms with Crippen molar-refractivity contribution >= 4 is 39.2 Å². The molecule has 0 spiro atoms. The molecule has 194 valence electrons. The van der Waals surface area contributed by atoms with Crippen molar-refractivity contribution in [2.45, 2.75) is 12.6 Å². The normalized spacial score (nSPS) is 17.8. The van der Waals surface area contributed by atoms with Gasteiger partial charge < -0.3 is 9.80 Å². The van der Waals surface area contributed by atoms with Crippen LogP contribution in [-0.4, -0.2) is 53.6 Å². The molecule has 1 fully saturated rings. The first-order chi connectivity index (χ1) is 19.1. The zero-order valence-electron chi connectivity index (χ0n) is 21.8. The molecule has 0 N–H and O–H groups in total. The number of aromatic nitrogens is 2. The molecule has 7 heteroatoms. The van der Waals surface area contributed by atoms with Gasteiger partial charge in [-0.3, -0.25) is 19.1 Å². The summed E-state index contributed by atoms with van der Waals surface area (Å²) in [5, 5.41) is 2.63. The van der Waals surface area contributed by atoms with Gasteiger partial charge in [-0.1, -0.05) is 60.7 Å². The molecule has 1 atom stereocenters. The second kappa shape index (κ2) is 9.36. The fourth-order valence-electron chi connectivity index (χ4n) is 5.79. The molecule has 1 amide bonds. The Kier molecular flexibility index (Phi) is 5.67. The van der Waals surface area contributed by atoms with Gasteiger partial charge in [0.15, 0.2) is 0 Å². The molecule has 1 unspecified atom stereocenters. The van der Waals surface area contributed by atoms with E-state index in [0.717, 1.165) is 48.1 Å². The van der Waals surface area contributed by atoms with Crippen LogP contribution >= 0.6 is 0 Å². The van der Waals surface area contributed by atoms with Gasteiger partial charge in [-0.25, -0.2) is 4.98 Å². The maximum absolute atomic E-state index is 14.1. The average Bonchev–Trinajstić information content (AvgIpc) is 3.25. The molecular formula is C32H29N5O2. The SMILES string of the molecule is CN1CCN(c2ccc(CN3C(=O)C(c4ccc5ccccc5c4)n4c3nc3ccccc3c4=O)cc2)CC1. The van der Waals surface area contributed by atoms with Gasteiger partial charge in [-0.05, 0) is 59.3 Å². The van der Waals surface area contributed by atoms with E-state index in [-0.39, 0.29) is 11.5 Å². The number of nitrogens with zero attached hydrogens (tertiary/aromatic N) is 5. The van der Waals surface area contributed by atoms with Crippen molar-refractivity contribution in [2.24, 2.45) is 0 Å². The number of carbonyl (C=O) groups excluding carboxylic acids is 1. The van der Waals surface area contributed by atoms with Crippen molar-refractivity contribution in [3.8, 4) is 0 Å². The lowest BCUT2D eigenvalue weighted by atomic mass is 10.0. The number of benzene rings is 4. The third kappa shape index (κ3) is 4.06. The lowest BCUT2D eigenvalue weighted by Gasteiger charge is -2.34. The molecular weight excluding hydrogens is 486 g/mol. The summed E-state index contributed by atoms with van der Waals surface area (Å²) in [6.45, 7) is 4.44. The van der Waals surface area contributed by atoms with Crippen molar-refractivity contribution < 1.29 is 4.79 Å². The van der Waals surface area contributed by atoms with E-state index in [4.69, 9.17) is 4.98 Å². The summed E-state index contributed by atoms with van der Waals surface area (Å²) in [6, 6.07) is 29.0. The number of rotatable bonds is 4. The molecule has 0 bridgehead atoms. The largest absolute Gasteiger partial charge is 0.369 e. The summed E-state index contributed by atoms with van der Waals surface area (Å²) in [7, 11) is 2.15. The van der Waals surface area contributed by atoms with Crippen molar-refractivity contribution in [2.75, 3.05) is 43.0 Å². The van der Waals surface area contributed by atoms with Crippen molar-refractivity contribution in [1.29, 1.82) is 0 Å². The zero-order chi connectivity index (χ0) is 26.5. The fourth-order valence-corrected chi connectivity index (χ4v) is 5.79. The molecule has 7 rings (SSSR count). The quantitative estimate of drug-likeness (QED) is 0.354. The van der Waals surface area contributed by atoms with Crippen LogP contribution < -0.4 is 15.4 Å². The number of hydrogen-bond donors (Lipinski definition) is 0. The van der Waals surface area contributed by atoms with Crippen LogP contribution in [0.25, 0.3) is 21.7 Å². The third-order valence-corrected chi connectivity index (χ3v) is 8.02. The number of amides is 1. The molecule has 4 aromatic carbocycles. The standard InChI is InChI=1S/C32H29N5O2/c1-34-16-18-35(19-17-34)26-14-10-22(11-15-26)21-36-31(39)29(25-13-12-23-6-2-3-7-24(23)20-25)37-30(38)27-8-4-5-9-28(27)33-32(36)37/h2-15,20,29H,16-19,21H2,1H3. The molecule has 0 aliphatic carbocycles. The van der Waals surface area contributed by atoms with E-state index in [0.29, 0.717) is 23.4 Å². The third-order valence-electron chi connectivity index (χ3n) is 8.02. The number of likely N-dealkylation sites (N-methyl/N-ethyl adjacent to an activating group) is 1. The summed E-state index contributed by atoms with van der Waals surface area (Å²) in [4.78, 5) is 39.1. The van der Waals surface area contributed by atoms with Gasteiger partial charge in [-0.15, -0.1) is 0 Å². The minimum Gasteiger partial charge on any atom is -0.369 e. The summed E-state index contributed by atoms with van der Waals surface area (Å²) < 4.78 is 1.58. The van der Waals surface area contributed by atoms with Gasteiger partial charge in [0.25, 0.3) is 11.5 Å². The lowest BCUT2D eigenvalue weighted by molar-refractivity contribution is -0.119. The number of fused-ring (bicyclic) bond motifs is 3. The predicted octanol–water partition coefficient (Wildman–Crippen LogP) is 4.44. The van der Waals surface area contributed by atoms with E-state index in [1.807, 2.05) is 60.7 Å². The van der Waals surface area contributed by atoms with E-state index in [1.54, 1.807) is 15.5 Å². The fraction of sp³-hybridized carbons (Fsp3) is 0.219. The number of para-hydroxylation sites is 1. The average molecular weight is 516 g/mol. The Morgan fingerprint density at radius 2 is 1.51 bits per heavy atom. The number of hydrogen-bond acceptors (Lipinski definition) is 5. The van der Waals surface area contributed by atoms with Gasteiger partial charge in [0.1, 0.15) is 6.04 Å². The van der Waals surface area contributed by atoms with E-state index >= 15 is 0 Å². The van der Waals surface area contributed by atoms with Crippen LogP contribution in [0.5, 0.6) is 0 Å². The first-order valence-corrected chi connectivity index (χ1v) is 13.4. The van der Waals surface area contributed by atoms with Gasteiger partial charge in [0.2, 0.25) is 5.95 Å². The van der Waals surface area contributed by atoms with Crippen LogP contribution in [0.2, 0.25) is 0 Å². The number of carbonyl (C=O) groups is 1. The first-order valence-electron chi connectivity index (χ1n) is 13.4. The van der Waals surface area contributed by atoms with Gasteiger partial charge >= 0.3 is 0 Å². The van der Waals surface area contributed by atoms with Crippen LogP contribution in [0, 0.1) is 0 Å². The molecule has 7 nitrogen and oxygen atoms in total. The van der Waals surface area contributed by atoms with Gasteiger partial charge in [-0.2, -0.15) is 0 Å². The Morgan fingerprint density at radius 1 is 0.795 bits per heavy atom. The Bertz CT molecular complexity index is 1770. The highest BCUT2D eigenvalue weighted by molar-refractivity contribution is 6.02. The Labute approximate surface area is 226 Å². The van der Waals surface area contributed by atoms with E-state index in [2.05, 4.69) is 41.1 Å². The molecule has 2 aliphatic heterocycles. The second-order valence-corrected chi connectivity index (χ2v) is 10.5. The van der Waals surface area contributed by atoms with Crippen LogP contribution in [-0.2, 0) is 11.3 Å². The lowest BCUT2D eigenvalue weighted by Crippen LogP contribution is -2.44. The van der Waals surface area contributed by atoms with E-state index in [9.17, 15) is 9.59 Å². The topological polar surface area (TPSA) is 61.7 Å². The molecule has 1 aromatic heterocycles. The summed E-state index contributed by atoms with van der Waals surface area (Å²) in [5.41, 5.74) is 3.36. The zero-order valence-corrected chi connectivity index (χ0v) is 21.8. The minimum absolute atomic E-state index is 0.145. The predicted molar refractivity (Wildman–Crippen MR) is 155 cm³/mol. The van der Waals surface area contributed by atoms with Crippen molar-refractivity contribution in [1.82, 2.24) is 14.5 Å². The smallest absolute Gasteiger partial charge is 0.263 e. The van der Waals surface area contributed by atoms with Crippen LogP contribution in [0.4, 0.5) is 11.6 Å². The Balaban J connectivity index is 1.28. The molecule has 3 heterocycles. The monoisotopic (exact) mass is 515 g/mol. The summed E-state index contributed by atoms with van der Waals surface area (Å²) >= 11 is 0. The molecule has 0 radical (unpaired) electrons. The molecule has 5 aromatic rings. The summed E-state index contributed by atoms with van der Waals surface area (Å²) in [5.74, 6) is 0.248. The maximum atomic E-state index is 14.1. The van der Waals surface area contributed by atoms with E-state index in [1.165, 1.54) is 5.69 Å². The van der Waals surface area contributed by atoms with Crippen LogP contribution in [0.3, 0.4) is 0 Å². The highest BCUT2D eigenvalue weighted by Gasteiger charge is 2.41. The van der Waals surface area contributed by atoms with Crippen molar-refractivity contribution in [3.63, 3.8) is 0 Å². The Morgan fingerprint density at radius 3 is 2.31 bits per heavy atom. The van der Waals surface area contributed by atoms with Crippen LogP contribution in [0.1, 0.15) is 17.2 Å². The second-order valence-electron chi connectivity index (χ2n) is 10.5.